The summed E-state index contributed by atoms with van der Waals surface area (Å²) in [5.41, 5.74) is 0. The van der Waals surface area contributed by atoms with Gasteiger partial charge in [-0.2, -0.15) is 11.8 Å². The van der Waals surface area contributed by atoms with Crippen molar-refractivity contribution in [1.29, 1.82) is 0 Å². The van der Waals surface area contributed by atoms with Gasteiger partial charge in [-0.25, -0.2) is 0 Å². The molecule has 1 saturated heterocycles. The van der Waals surface area contributed by atoms with E-state index in [4.69, 9.17) is 4.74 Å². The molecular formula is C16H29N3O2S. The minimum absolute atomic E-state index is 0.0565. The molecule has 2 N–H and O–H groups in total. The van der Waals surface area contributed by atoms with Crippen LogP contribution in [0.5, 0.6) is 0 Å². The first-order chi connectivity index (χ1) is 10.8. The molecule has 1 aliphatic carbocycles. The van der Waals surface area contributed by atoms with Gasteiger partial charge in [0.25, 0.3) is 0 Å². The number of carbonyl (C=O) groups excluding carboxylic acids is 1. The van der Waals surface area contributed by atoms with Gasteiger partial charge in [0.15, 0.2) is 5.96 Å². The molecule has 0 aromatic heterocycles. The van der Waals surface area contributed by atoms with Crippen molar-refractivity contribution in [3.05, 3.63) is 0 Å². The molecule has 1 aliphatic heterocycles. The van der Waals surface area contributed by atoms with E-state index < -0.39 is 0 Å². The van der Waals surface area contributed by atoms with Gasteiger partial charge in [0, 0.05) is 31.8 Å². The lowest BCUT2D eigenvalue weighted by Crippen LogP contribution is -2.40. The van der Waals surface area contributed by atoms with Crippen LogP contribution in [-0.2, 0) is 9.53 Å². The fraction of sp³-hybridized carbons (Fsp3) is 0.875. The second-order valence-corrected chi connectivity index (χ2v) is 7.42. The molecule has 2 aliphatic rings. The smallest absolute Gasteiger partial charge is 0.306 e. The molecule has 1 unspecified atom stereocenters. The van der Waals surface area contributed by atoms with E-state index in [-0.39, 0.29) is 12.1 Å². The van der Waals surface area contributed by atoms with Crippen molar-refractivity contribution in [2.45, 2.75) is 62.7 Å². The fourth-order valence-electron chi connectivity index (χ4n) is 2.93. The third-order valence-electron chi connectivity index (χ3n) is 4.20. The quantitative estimate of drug-likeness (QED) is 0.325. The predicted octanol–water partition coefficient (Wildman–Crippen LogP) is 2.31. The second kappa shape index (κ2) is 9.98. The fourth-order valence-corrected chi connectivity index (χ4v) is 4.13. The number of thioether (sulfide) groups is 1. The van der Waals surface area contributed by atoms with Crippen molar-refractivity contribution in [3.63, 3.8) is 0 Å². The summed E-state index contributed by atoms with van der Waals surface area (Å²) in [6.45, 7) is 1.71. The normalized spacial score (nSPS) is 22.8. The Hall–Kier alpha value is -0.910. The standard InChI is InChI=1S/C16H29N3O2S/c1-17-16(19-12-14-8-5-11-22-14)18-10-4-9-15(20)21-13-6-2-3-7-13/h13-14H,2-12H2,1H3,(H2,17,18,19). The van der Waals surface area contributed by atoms with E-state index in [0.29, 0.717) is 11.7 Å². The minimum Gasteiger partial charge on any atom is -0.462 e. The summed E-state index contributed by atoms with van der Waals surface area (Å²) in [7, 11) is 1.78. The molecule has 0 aromatic carbocycles. The molecule has 2 fully saturated rings. The number of hydrogen-bond acceptors (Lipinski definition) is 4. The zero-order chi connectivity index (χ0) is 15.6. The first kappa shape index (κ1) is 17.4. The maximum atomic E-state index is 11.7. The Kier molecular flexibility index (Phi) is 7.91. The lowest BCUT2D eigenvalue weighted by atomic mass is 10.2. The summed E-state index contributed by atoms with van der Waals surface area (Å²) >= 11 is 2.04. The Morgan fingerprint density at radius 2 is 2.05 bits per heavy atom. The lowest BCUT2D eigenvalue weighted by Gasteiger charge is -2.15. The molecule has 2 rings (SSSR count). The van der Waals surface area contributed by atoms with Crippen LogP contribution in [0.15, 0.2) is 4.99 Å². The van der Waals surface area contributed by atoms with Crippen molar-refractivity contribution in [3.8, 4) is 0 Å². The van der Waals surface area contributed by atoms with Crippen LogP contribution in [0.3, 0.4) is 0 Å². The summed E-state index contributed by atoms with van der Waals surface area (Å²) in [6.07, 6.45) is 8.54. The van der Waals surface area contributed by atoms with E-state index >= 15 is 0 Å². The topological polar surface area (TPSA) is 62.7 Å². The number of guanidine groups is 1. The average Bonchev–Trinajstić information content (AvgIpc) is 3.20. The highest BCUT2D eigenvalue weighted by molar-refractivity contribution is 8.00. The zero-order valence-corrected chi connectivity index (χ0v) is 14.4. The molecular weight excluding hydrogens is 298 g/mol. The first-order valence-corrected chi connectivity index (χ1v) is 9.58. The van der Waals surface area contributed by atoms with Crippen molar-refractivity contribution in [2.75, 3.05) is 25.9 Å². The lowest BCUT2D eigenvalue weighted by molar-refractivity contribution is -0.148. The van der Waals surface area contributed by atoms with Gasteiger partial charge in [0.05, 0.1) is 0 Å². The highest BCUT2D eigenvalue weighted by atomic mass is 32.2. The Balaban J connectivity index is 1.51. The van der Waals surface area contributed by atoms with Crippen LogP contribution in [0.4, 0.5) is 0 Å². The van der Waals surface area contributed by atoms with E-state index in [1.165, 1.54) is 31.4 Å². The van der Waals surface area contributed by atoms with Gasteiger partial charge in [0.2, 0.25) is 0 Å². The number of carbonyl (C=O) groups is 1. The van der Waals surface area contributed by atoms with Gasteiger partial charge in [-0.15, -0.1) is 0 Å². The summed E-state index contributed by atoms with van der Waals surface area (Å²) in [6, 6.07) is 0. The average molecular weight is 327 g/mol. The van der Waals surface area contributed by atoms with Gasteiger partial charge in [-0.05, 0) is 50.7 Å². The molecule has 6 heteroatoms. The maximum Gasteiger partial charge on any atom is 0.306 e. The largest absolute Gasteiger partial charge is 0.462 e. The summed E-state index contributed by atoms with van der Waals surface area (Å²) < 4.78 is 5.44. The highest BCUT2D eigenvalue weighted by Gasteiger charge is 2.19. The molecule has 1 heterocycles. The van der Waals surface area contributed by atoms with Crippen LogP contribution in [0.2, 0.25) is 0 Å². The summed E-state index contributed by atoms with van der Waals surface area (Å²) in [4.78, 5) is 15.9. The van der Waals surface area contributed by atoms with Gasteiger partial charge >= 0.3 is 5.97 Å². The summed E-state index contributed by atoms with van der Waals surface area (Å²) in [5, 5.41) is 7.33. The summed E-state index contributed by atoms with van der Waals surface area (Å²) in [5.74, 6) is 2.05. The Labute approximate surface area is 138 Å². The van der Waals surface area contributed by atoms with Gasteiger partial charge < -0.3 is 15.4 Å². The third kappa shape index (κ3) is 6.46. The van der Waals surface area contributed by atoms with Crippen LogP contribution in [0, 0.1) is 0 Å². The number of hydrogen-bond donors (Lipinski definition) is 2. The zero-order valence-electron chi connectivity index (χ0n) is 13.6. The Morgan fingerprint density at radius 1 is 1.23 bits per heavy atom. The molecule has 5 nitrogen and oxygen atoms in total. The molecule has 0 bridgehead atoms. The predicted molar refractivity (Wildman–Crippen MR) is 92.4 cm³/mol. The maximum absolute atomic E-state index is 11.7. The minimum atomic E-state index is -0.0565. The highest BCUT2D eigenvalue weighted by Crippen LogP contribution is 2.25. The molecule has 1 atom stereocenters. The second-order valence-electron chi connectivity index (χ2n) is 6.01. The van der Waals surface area contributed by atoms with Crippen molar-refractivity contribution in [2.24, 2.45) is 4.99 Å². The number of nitrogens with one attached hydrogen (secondary N) is 2. The van der Waals surface area contributed by atoms with E-state index in [9.17, 15) is 4.79 Å². The number of aliphatic imine (C=N–C) groups is 1. The SMILES string of the molecule is CN=C(NCCCC(=O)OC1CCCC1)NCC1CCCS1. The van der Waals surface area contributed by atoms with Gasteiger partial charge in [0.1, 0.15) is 6.10 Å². The van der Waals surface area contributed by atoms with Crippen molar-refractivity contribution >= 4 is 23.7 Å². The van der Waals surface area contributed by atoms with Gasteiger partial charge in [-0.3, -0.25) is 9.79 Å². The number of ether oxygens (including phenoxy) is 1. The van der Waals surface area contributed by atoms with E-state index in [0.717, 1.165) is 38.3 Å². The van der Waals surface area contributed by atoms with Gasteiger partial charge in [-0.1, -0.05) is 0 Å². The molecule has 126 valence electrons. The van der Waals surface area contributed by atoms with Crippen LogP contribution in [0.1, 0.15) is 51.4 Å². The Morgan fingerprint density at radius 3 is 2.73 bits per heavy atom. The number of rotatable bonds is 7. The molecule has 0 amide bonds. The van der Waals surface area contributed by atoms with Crippen LogP contribution >= 0.6 is 11.8 Å². The van der Waals surface area contributed by atoms with Crippen LogP contribution in [0.25, 0.3) is 0 Å². The van der Waals surface area contributed by atoms with E-state index in [2.05, 4.69) is 15.6 Å². The van der Waals surface area contributed by atoms with E-state index in [1.807, 2.05) is 11.8 Å². The Bertz CT molecular complexity index is 364. The molecule has 1 saturated carbocycles. The van der Waals surface area contributed by atoms with E-state index in [1.54, 1.807) is 7.05 Å². The number of esters is 1. The number of nitrogens with zero attached hydrogens (tertiary/aromatic N) is 1. The molecule has 0 radical (unpaired) electrons. The van der Waals surface area contributed by atoms with Crippen molar-refractivity contribution in [1.82, 2.24) is 10.6 Å². The first-order valence-electron chi connectivity index (χ1n) is 8.53. The molecule has 0 spiro atoms. The molecule has 22 heavy (non-hydrogen) atoms. The third-order valence-corrected chi connectivity index (χ3v) is 5.59. The van der Waals surface area contributed by atoms with Crippen molar-refractivity contribution < 1.29 is 9.53 Å². The van der Waals surface area contributed by atoms with Crippen LogP contribution in [-0.4, -0.2) is 49.2 Å². The molecule has 0 aromatic rings. The monoisotopic (exact) mass is 327 g/mol. The van der Waals surface area contributed by atoms with Crippen LogP contribution < -0.4 is 10.6 Å².